The molecule has 5 rings (SSSR count). The number of pyridine rings is 1. The van der Waals surface area contributed by atoms with Crippen molar-refractivity contribution in [2.24, 2.45) is 5.73 Å². The second-order valence-corrected chi connectivity index (χ2v) is 7.94. The summed E-state index contributed by atoms with van der Waals surface area (Å²) in [7, 11) is 0. The van der Waals surface area contributed by atoms with E-state index in [4.69, 9.17) is 26.8 Å². The zero-order valence-electron chi connectivity index (χ0n) is 17.6. The minimum atomic E-state index is -0.509. The molecule has 0 saturated heterocycles. The maximum absolute atomic E-state index is 14.0. The molecule has 0 saturated carbocycles. The summed E-state index contributed by atoms with van der Waals surface area (Å²) in [6.07, 6.45) is 3.34. The van der Waals surface area contributed by atoms with E-state index < -0.39 is 11.7 Å². The molecule has 168 valence electrons. The van der Waals surface area contributed by atoms with E-state index in [0.29, 0.717) is 27.9 Å². The van der Waals surface area contributed by atoms with Crippen LogP contribution in [0.25, 0.3) is 11.3 Å². The standard InChI is InChI=1S/C25H17ClFN5O2/c26-19-2-1-3-20(27)18(19)13-33-16-6-4-14(5-7-16)21-17(12-28)24(29)34-25-22(21)23(31-32-25)15-8-10-30-11-9-15/h1-11,21H,13,29H2,(H,31,32)/t21-/m0/s1. The molecule has 2 aromatic carbocycles. The van der Waals surface area contributed by atoms with Crippen LogP contribution < -0.4 is 15.2 Å². The Hall–Kier alpha value is -4.35. The molecular formula is C25H17ClFN5O2. The van der Waals surface area contributed by atoms with E-state index in [2.05, 4.69) is 21.3 Å². The van der Waals surface area contributed by atoms with Gasteiger partial charge in [-0.2, -0.15) is 5.26 Å². The number of fused-ring (bicyclic) bond motifs is 1. The summed E-state index contributed by atoms with van der Waals surface area (Å²) in [6, 6.07) is 17.5. The SMILES string of the molecule is N#CC1=C(N)Oc2n[nH]c(-c3ccncc3)c2[C@H]1c1ccc(OCc2c(F)cccc2Cl)cc1. The highest BCUT2D eigenvalue weighted by molar-refractivity contribution is 6.31. The van der Waals surface area contributed by atoms with E-state index in [1.54, 1.807) is 36.7 Å². The number of rotatable bonds is 5. The average molecular weight is 474 g/mol. The molecule has 4 aromatic rings. The molecule has 1 atom stereocenters. The fourth-order valence-electron chi connectivity index (χ4n) is 3.90. The first kappa shape index (κ1) is 21.5. The van der Waals surface area contributed by atoms with Crippen LogP contribution in [-0.4, -0.2) is 15.2 Å². The Labute approximate surface area is 199 Å². The zero-order valence-corrected chi connectivity index (χ0v) is 18.4. The number of aromatic amines is 1. The van der Waals surface area contributed by atoms with Gasteiger partial charge in [0.05, 0.1) is 22.2 Å². The number of halogens is 2. The van der Waals surface area contributed by atoms with Gasteiger partial charge in [-0.15, -0.1) is 5.10 Å². The number of hydrogen-bond acceptors (Lipinski definition) is 6. The Morgan fingerprint density at radius 3 is 2.62 bits per heavy atom. The minimum Gasteiger partial charge on any atom is -0.489 e. The number of H-pyrrole nitrogens is 1. The highest BCUT2D eigenvalue weighted by Crippen LogP contribution is 2.45. The predicted octanol–water partition coefficient (Wildman–Crippen LogP) is 5.06. The Kier molecular flexibility index (Phi) is 5.62. The summed E-state index contributed by atoms with van der Waals surface area (Å²) in [4.78, 5) is 4.05. The van der Waals surface area contributed by atoms with E-state index in [1.807, 2.05) is 24.3 Å². The van der Waals surface area contributed by atoms with Crippen LogP contribution in [0.15, 0.2) is 78.4 Å². The van der Waals surface area contributed by atoms with Crippen LogP contribution in [0.4, 0.5) is 4.39 Å². The van der Waals surface area contributed by atoms with Crippen molar-refractivity contribution < 1.29 is 13.9 Å². The lowest BCUT2D eigenvalue weighted by molar-refractivity contribution is 0.300. The molecular weight excluding hydrogens is 457 g/mol. The zero-order chi connectivity index (χ0) is 23.7. The molecule has 0 bridgehead atoms. The maximum atomic E-state index is 14.0. The normalized spacial score (nSPS) is 14.8. The summed E-state index contributed by atoms with van der Waals surface area (Å²) < 4.78 is 25.4. The molecule has 0 aliphatic carbocycles. The van der Waals surface area contributed by atoms with Crippen LogP contribution >= 0.6 is 11.6 Å². The number of nitrogens with two attached hydrogens (primary N) is 1. The summed E-state index contributed by atoms with van der Waals surface area (Å²) >= 11 is 6.08. The van der Waals surface area contributed by atoms with Crippen LogP contribution in [0.5, 0.6) is 11.6 Å². The number of allylic oxidation sites excluding steroid dienone is 1. The fraction of sp³-hybridized carbons (Fsp3) is 0.0800. The lowest BCUT2D eigenvalue weighted by Gasteiger charge is -2.24. The first-order valence-electron chi connectivity index (χ1n) is 10.3. The molecule has 0 radical (unpaired) electrons. The van der Waals surface area contributed by atoms with Crippen LogP contribution in [0, 0.1) is 17.1 Å². The summed E-state index contributed by atoms with van der Waals surface area (Å²) in [5.41, 5.74) is 9.64. The Bertz CT molecular complexity index is 1410. The van der Waals surface area contributed by atoms with Gasteiger partial charge in [0.15, 0.2) is 0 Å². The van der Waals surface area contributed by atoms with Gasteiger partial charge in [-0.3, -0.25) is 10.1 Å². The van der Waals surface area contributed by atoms with Gasteiger partial charge in [0.2, 0.25) is 11.8 Å². The van der Waals surface area contributed by atoms with Crippen LogP contribution in [0.3, 0.4) is 0 Å². The van der Waals surface area contributed by atoms with Crippen molar-refractivity contribution >= 4 is 11.6 Å². The van der Waals surface area contributed by atoms with Gasteiger partial charge in [-0.05, 0) is 42.0 Å². The van der Waals surface area contributed by atoms with Crippen molar-refractivity contribution in [1.82, 2.24) is 15.2 Å². The van der Waals surface area contributed by atoms with Crippen molar-refractivity contribution in [2.45, 2.75) is 12.5 Å². The number of nitriles is 1. The molecule has 9 heteroatoms. The van der Waals surface area contributed by atoms with E-state index in [1.165, 1.54) is 6.07 Å². The topological polar surface area (TPSA) is 110 Å². The number of benzene rings is 2. The highest BCUT2D eigenvalue weighted by atomic mass is 35.5. The first-order valence-corrected chi connectivity index (χ1v) is 10.7. The third kappa shape index (κ3) is 3.83. The second kappa shape index (κ2) is 8.89. The fourth-order valence-corrected chi connectivity index (χ4v) is 4.12. The Morgan fingerprint density at radius 1 is 1.15 bits per heavy atom. The number of aromatic nitrogens is 3. The van der Waals surface area contributed by atoms with E-state index in [-0.39, 0.29) is 23.6 Å². The number of nitrogens with zero attached hydrogens (tertiary/aromatic N) is 3. The minimum absolute atomic E-state index is 0.00213. The molecule has 3 heterocycles. The molecule has 0 spiro atoms. The summed E-state index contributed by atoms with van der Waals surface area (Å²) in [5, 5.41) is 17.4. The van der Waals surface area contributed by atoms with E-state index >= 15 is 0 Å². The summed E-state index contributed by atoms with van der Waals surface area (Å²) in [5.74, 6) is -0.107. The molecule has 0 fully saturated rings. The molecule has 34 heavy (non-hydrogen) atoms. The smallest absolute Gasteiger partial charge is 0.244 e. The Balaban J connectivity index is 1.49. The maximum Gasteiger partial charge on any atom is 0.244 e. The van der Waals surface area contributed by atoms with Gasteiger partial charge in [0, 0.05) is 23.5 Å². The molecule has 1 aliphatic heterocycles. The van der Waals surface area contributed by atoms with Gasteiger partial charge in [-0.1, -0.05) is 29.8 Å². The van der Waals surface area contributed by atoms with Gasteiger partial charge < -0.3 is 15.2 Å². The lowest BCUT2D eigenvalue weighted by atomic mass is 9.83. The van der Waals surface area contributed by atoms with Crippen molar-refractivity contribution in [3.05, 3.63) is 106 Å². The van der Waals surface area contributed by atoms with Crippen molar-refractivity contribution in [3.8, 4) is 29.0 Å². The van der Waals surface area contributed by atoms with E-state index in [0.717, 1.165) is 11.1 Å². The number of ether oxygens (including phenoxy) is 2. The third-order valence-electron chi connectivity index (χ3n) is 5.57. The molecule has 0 unspecified atom stereocenters. The monoisotopic (exact) mass is 473 g/mol. The lowest BCUT2D eigenvalue weighted by Crippen LogP contribution is -2.21. The van der Waals surface area contributed by atoms with E-state index in [9.17, 15) is 9.65 Å². The summed E-state index contributed by atoms with van der Waals surface area (Å²) in [6.45, 7) is -0.0174. The van der Waals surface area contributed by atoms with Crippen LogP contribution in [-0.2, 0) is 6.61 Å². The van der Waals surface area contributed by atoms with Gasteiger partial charge in [0.1, 0.15) is 29.8 Å². The predicted molar refractivity (Wildman–Crippen MR) is 123 cm³/mol. The molecule has 2 aromatic heterocycles. The highest BCUT2D eigenvalue weighted by Gasteiger charge is 2.35. The van der Waals surface area contributed by atoms with Crippen LogP contribution in [0.2, 0.25) is 5.02 Å². The number of nitrogens with one attached hydrogen (secondary N) is 1. The van der Waals surface area contributed by atoms with Crippen molar-refractivity contribution in [3.63, 3.8) is 0 Å². The Morgan fingerprint density at radius 2 is 1.91 bits per heavy atom. The molecule has 1 aliphatic rings. The molecule has 7 nitrogen and oxygen atoms in total. The first-order chi connectivity index (χ1) is 16.6. The largest absolute Gasteiger partial charge is 0.489 e. The third-order valence-corrected chi connectivity index (χ3v) is 5.92. The van der Waals surface area contributed by atoms with Crippen molar-refractivity contribution in [1.29, 1.82) is 5.26 Å². The van der Waals surface area contributed by atoms with Crippen molar-refractivity contribution in [2.75, 3.05) is 0 Å². The second-order valence-electron chi connectivity index (χ2n) is 7.54. The molecule has 3 N–H and O–H groups in total. The molecule has 0 amide bonds. The number of hydrogen-bond donors (Lipinski definition) is 2. The van der Waals surface area contributed by atoms with Gasteiger partial charge >= 0.3 is 0 Å². The quantitative estimate of drug-likeness (QED) is 0.419. The van der Waals surface area contributed by atoms with Gasteiger partial charge in [0.25, 0.3) is 0 Å². The van der Waals surface area contributed by atoms with Crippen LogP contribution in [0.1, 0.15) is 22.6 Å². The van der Waals surface area contributed by atoms with Gasteiger partial charge in [-0.25, -0.2) is 4.39 Å². The average Bonchev–Trinajstić information content (AvgIpc) is 3.27.